The second kappa shape index (κ2) is 9.54. The van der Waals surface area contributed by atoms with Crippen LogP contribution in [0.2, 0.25) is 0 Å². The molecule has 136 valence electrons. The number of hydrogen-bond acceptors (Lipinski definition) is 6. The minimum absolute atomic E-state index is 0.0104. The summed E-state index contributed by atoms with van der Waals surface area (Å²) in [5.41, 5.74) is 3.44. The fourth-order valence-corrected chi connectivity index (χ4v) is 3.89. The van der Waals surface area contributed by atoms with Crippen LogP contribution in [0.1, 0.15) is 23.4 Å². The van der Waals surface area contributed by atoms with E-state index in [9.17, 15) is 4.79 Å². The van der Waals surface area contributed by atoms with Crippen LogP contribution in [0, 0.1) is 6.92 Å². The number of aromatic nitrogens is 2. The van der Waals surface area contributed by atoms with Crippen molar-refractivity contribution in [1.29, 1.82) is 0 Å². The molecule has 0 unspecified atom stereocenters. The third kappa shape index (κ3) is 5.71. The van der Waals surface area contributed by atoms with E-state index in [0.29, 0.717) is 31.1 Å². The average molecular weight is 388 g/mol. The molecule has 26 heavy (non-hydrogen) atoms. The lowest BCUT2D eigenvalue weighted by atomic mass is 10.1. The molecule has 0 spiro atoms. The van der Waals surface area contributed by atoms with Crippen LogP contribution in [0.4, 0.5) is 0 Å². The Morgan fingerprint density at radius 3 is 2.88 bits per heavy atom. The van der Waals surface area contributed by atoms with E-state index in [4.69, 9.17) is 4.52 Å². The van der Waals surface area contributed by atoms with Gasteiger partial charge in [0.15, 0.2) is 0 Å². The molecular weight excluding hydrogens is 366 g/mol. The van der Waals surface area contributed by atoms with Gasteiger partial charge >= 0.3 is 0 Å². The number of nitrogens with zero attached hydrogens (tertiary/aromatic N) is 2. The first-order valence-electron chi connectivity index (χ1n) is 8.46. The number of aryl methyl sites for hydroxylation is 2. The van der Waals surface area contributed by atoms with Gasteiger partial charge in [0, 0.05) is 36.5 Å². The zero-order chi connectivity index (χ0) is 18.2. The molecule has 7 heteroatoms. The summed E-state index contributed by atoms with van der Waals surface area (Å²) in [7, 11) is 0. The number of hydrogen-bond donors (Lipinski definition) is 1. The van der Waals surface area contributed by atoms with Gasteiger partial charge in [0.25, 0.3) is 0 Å². The number of thioether (sulfide) groups is 1. The number of benzene rings is 1. The van der Waals surface area contributed by atoms with Crippen molar-refractivity contribution in [2.24, 2.45) is 0 Å². The third-order valence-corrected chi connectivity index (χ3v) is 5.52. The second-order valence-corrected chi connectivity index (χ2v) is 7.80. The van der Waals surface area contributed by atoms with Crippen molar-refractivity contribution in [1.82, 2.24) is 15.5 Å². The summed E-state index contributed by atoms with van der Waals surface area (Å²) >= 11 is 3.53. The summed E-state index contributed by atoms with van der Waals surface area (Å²) < 4.78 is 5.24. The van der Waals surface area contributed by atoms with Crippen molar-refractivity contribution in [2.45, 2.75) is 25.5 Å². The fraction of sp³-hybridized carbons (Fsp3) is 0.316. The van der Waals surface area contributed by atoms with E-state index in [1.54, 1.807) is 11.3 Å². The topological polar surface area (TPSA) is 68.0 Å². The highest BCUT2D eigenvalue weighted by atomic mass is 32.2. The van der Waals surface area contributed by atoms with Gasteiger partial charge in [0.05, 0.1) is 0 Å². The Morgan fingerprint density at radius 2 is 2.12 bits per heavy atom. The van der Waals surface area contributed by atoms with Crippen molar-refractivity contribution in [3.05, 3.63) is 58.1 Å². The maximum Gasteiger partial charge on any atom is 0.227 e. The van der Waals surface area contributed by atoms with Gasteiger partial charge in [-0.05, 0) is 29.3 Å². The molecule has 0 aliphatic heterocycles. The van der Waals surface area contributed by atoms with Gasteiger partial charge in [-0.2, -0.15) is 28.1 Å². The normalized spacial score (nSPS) is 10.8. The molecule has 0 bridgehead atoms. The number of nitrogens with one attached hydrogen (secondary N) is 1. The Morgan fingerprint density at radius 1 is 1.27 bits per heavy atom. The maximum absolute atomic E-state index is 11.9. The molecule has 1 amide bonds. The van der Waals surface area contributed by atoms with Crippen LogP contribution in [0.5, 0.6) is 0 Å². The predicted octanol–water partition coefficient (Wildman–Crippen LogP) is 4.09. The van der Waals surface area contributed by atoms with Crippen LogP contribution < -0.4 is 5.32 Å². The fourth-order valence-electron chi connectivity index (χ4n) is 2.31. The number of thiophene rings is 1. The first-order chi connectivity index (χ1) is 12.7. The molecule has 0 saturated heterocycles. The average Bonchev–Trinajstić information content (AvgIpc) is 3.32. The van der Waals surface area contributed by atoms with Gasteiger partial charge in [-0.3, -0.25) is 4.79 Å². The van der Waals surface area contributed by atoms with E-state index in [2.05, 4.69) is 32.3 Å². The van der Waals surface area contributed by atoms with E-state index in [1.807, 2.05) is 43.0 Å². The minimum atomic E-state index is 0.0104. The maximum atomic E-state index is 11.9. The molecule has 0 fully saturated rings. The lowest BCUT2D eigenvalue weighted by molar-refractivity contribution is -0.121. The Hall–Kier alpha value is -2.12. The summed E-state index contributed by atoms with van der Waals surface area (Å²) in [5, 5.41) is 11.2. The van der Waals surface area contributed by atoms with Gasteiger partial charge < -0.3 is 9.84 Å². The Kier molecular flexibility index (Phi) is 6.85. The molecular formula is C19H21N3O2S2. The van der Waals surface area contributed by atoms with Gasteiger partial charge in [-0.25, -0.2) is 0 Å². The molecule has 0 saturated carbocycles. The summed E-state index contributed by atoms with van der Waals surface area (Å²) in [6, 6.07) is 10.1. The smallest absolute Gasteiger partial charge is 0.227 e. The van der Waals surface area contributed by atoms with Gasteiger partial charge in [-0.15, -0.1) is 0 Å². The molecule has 0 atom stereocenters. The first kappa shape index (κ1) is 18.7. The van der Waals surface area contributed by atoms with E-state index in [0.717, 1.165) is 17.1 Å². The quantitative estimate of drug-likeness (QED) is 0.560. The number of rotatable bonds is 9. The molecule has 0 aliphatic rings. The Balaban J connectivity index is 1.34. The Labute approximate surface area is 161 Å². The SMILES string of the molecule is Cc1ccc(-c2noc(CCC(=O)NCCSCc3ccsc3)n2)cc1. The van der Waals surface area contributed by atoms with Crippen molar-refractivity contribution in [3.8, 4) is 11.4 Å². The summed E-state index contributed by atoms with van der Waals surface area (Å²) in [6.45, 7) is 2.71. The van der Waals surface area contributed by atoms with E-state index >= 15 is 0 Å². The molecule has 3 rings (SSSR count). The van der Waals surface area contributed by atoms with Gasteiger partial charge in [0.1, 0.15) is 0 Å². The van der Waals surface area contributed by atoms with Crippen LogP contribution in [-0.4, -0.2) is 28.3 Å². The molecule has 1 N–H and O–H groups in total. The molecule has 5 nitrogen and oxygen atoms in total. The molecule has 2 aromatic heterocycles. The highest BCUT2D eigenvalue weighted by Crippen LogP contribution is 2.17. The molecule has 3 aromatic rings. The monoisotopic (exact) mass is 387 g/mol. The van der Waals surface area contributed by atoms with Crippen LogP contribution in [0.25, 0.3) is 11.4 Å². The Bertz CT molecular complexity index is 814. The highest BCUT2D eigenvalue weighted by Gasteiger charge is 2.10. The third-order valence-electron chi connectivity index (χ3n) is 3.76. The number of carbonyl (C=O) groups excluding carboxylic acids is 1. The van der Waals surface area contributed by atoms with Crippen molar-refractivity contribution >= 4 is 29.0 Å². The van der Waals surface area contributed by atoms with E-state index < -0.39 is 0 Å². The summed E-state index contributed by atoms with van der Waals surface area (Å²) in [5.74, 6) is 2.95. The van der Waals surface area contributed by atoms with Crippen molar-refractivity contribution < 1.29 is 9.32 Å². The minimum Gasteiger partial charge on any atom is -0.355 e. The van der Waals surface area contributed by atoms with Crippen LogP contribution in [0.3, 0.4) is 0 Å². The van der Waals surface area contributed by atoms with Crippen LogP contribution in [0.15, 0.2) is 45.6 Å². The van der Waals surface area contributed by atoms with Crippen molar-refractivity contribution in [3.63, 3.8) is 0 Å². The number of carbonyl (C=O) groups is 1. The van der Waals surface area contributed by atoms with Crippen LogP contribution >= 0.6 is 23.1 Å². The largest absolute Gasteiger partial charge is 0.355 e. The highest BCUT2D eigenvalue weighted by molar-refractivity contribution is 7.98. The van der Waals surface area contributed by atoms with Gasteiger partial charge in [-0.1, -0.05) is 35.0 Å². The molecule has 2 heterocycles. The zero-order valence-corrected chi connectivity index (χ0v) is 16.2. The second-order valence-electron chi connectivity index (χ2n) is 5.91. The van der Waals surface area contributed by atoms with Crippen LogP contribution in [-0.2, 0) is 17.0 Å². The predicted molar refractivity (Wildman–Crippen MR) is 106 cm³/mol. The molecule has 0 aliphatic carbocycles. The molecule has 1 aromatic carbocycles. The standard InChI is InChI=1S/C19H21N3O2S2/c1-14-2-4-16(5-3-14)19-21-18(24-22-19)7-6-17(23)20-9-11-26-13-15-8-10-25-12-15/h2-5,8,10,12H,6-7,9,11,13H2,1H3,(H,20,23). The van der Waals surface area contributed by atoms with Gasteiger partial charge in [0.2, 0.25) is 17.6 Å². The lowest BCUT2D eigenvalue weighted by Gasteiger charge is -2.03. The van der Waals surface area contributed by atoms with E-state index in [-0.39, 0.29) is 5.91 Å². The zero-order valence-electron chi connectivity index (χ0n) is 14.6. The molecule has 0 radical (unpaired) electrons. The lowest BCUT2D eigenvalue weighted by Crippen LogP contribution is -2.25. The first-order valence-corrected chi connectivity index (χ1v) is 10.6. The van der Waals surface area contributed by atoms with Crippen molar-refractivity contribution in [2.75, 3.05) is 12.3 Å². The summed E-state index contributed by atoms with van der Waals surface area (Å²) in [4.78, 5) is 16.3. The summed E-state index contributed by atoms with van der Waals surface area (Å²) in [6.07, 6.45) is 0.803. The van der Waals surface area contributed by atoms with E-state index in [1.165, 1.54) is 11.1 Å². The number of amides is 1.